The molecule has 1 saturated heterocycles. The van der Waals surface area contributed by atoms with E-state index >= 15 is 0 Å². The molecule has 242 valence electrons. The van der Waals surface area contributed by atoms with Crippen LogP contribution in [0.1, 0.15) is 65.6 Å². The van der Waals surface area contributed by atoms with Gasteiger partial charge in [-0.2, -0.15) is 44.3 Å². The second-order valence-electron chi connectivity index (χ2n) is 10.9. The maximum atomic E-state index is 13.9. The fourth-order valence-corrected chi connectivity index (χ4v) is 5.58. The lowest BCUT2D eigenvalue weighted by atomic mass is 9.91. The maximum Gasteiger partial charge on any atom is 0.416 e. The van der Waals surface area contributed by atoms with Crippen LogP contribution in [-0.2, 0) is 38.7 Å². The van der Waals surface area contributed by atoms with Crippen molar-refractivity contribution in [1.82, 2.24) is 25.1 Å². The van der Waals surface area contributed by atoms with E-state index in [2.05, 4.69) is 20.3 Å². The summed E-state index contributed by atoms with van der Waals surface area (Å²) in [5.41, 5.74) is -3.76. The van der Waals surface area contributed by atoms with E-state index in [9.17, 15) is 44.6 Å². The van der Waals surface area contributed by atoms with Crippen LogP contribution in [0.3, 0.4) is 0 Å². The Hall–Kier alpha value is -3.40. The van der Waals surface area contributed by atoms with Crippen molar-refractivity contribution in [2.24, 2.45) is 13.0 Å². The number of tetrazole rings is 1. The van der Waals surface area contributed by atoms with Gasteiger partial charge in [0.15, 0.2) is 0 Å². The molecular weight excluding hydrogens is 607 g/mol. The summed E-state index contributed by atoms with van der Waals surface area (Å²) < 4.78 is 123. The largest absolute Gasteiger partial charge is 0.416 e. The van der Waals surface area contributed by atoms with Crippen LogP contribution in [0, 0.1) is 5.92 Å². The predicted molar refractivity (Wildman–Crippen MR) is 141 cm³/mol. The first kappa shape index (κ1) is 33.5. The number of hydrogen-bond acceptors (Lipinski definition) is 6. The van der Waals surface area contributed by atoms with Crippen LogP contribution in [0.2, 0.25) is 0 Å². The number of aliphatic hydroxyl groups excluding tert-OH is 1. The number of halogens is 9. The van der Waals surface area contributed by atoms with Crippen molar-refractivity contribution in [3.63, 3.8) is 0 Å². The number of aliphatic hydroxyl groups is 1. The number of nitrogens with zero attached hydrogens (tertiary/aromatic N) is 6. The molecule has 1 aromatic heterocycles. The molecule has 0 radical (unpaired) electrons. The van der Waals surface area contributed by atoms with Crippen LogP contribution >= 0.6 is 0 Å². The number of alkyl halides is 9. The van der Waals surface area contributed by atoms with Gasteiger partial charge in [0, 0.05) is 32.3 Å². The van der Waals surface area contributed by atoms with Crippen molar-refractivity contribution in [1.29, 1.82) is 0 Å². The summed E-state index contributed by atoms with van der Waals surface area (Å²) in [5.74, 6) is -0.215. The predicted octanol–water partition coefficient (Wildman–Crippen LogP) is 6.63. The number of likely N-dealkylation sites (tertiary alicyclic amines) is 1. The van der Waals surface area contributed by atoms with Crippen molar-refractivity contribution in [2.45, 2.75) is 63.8 Å². The minimum atomic E-state index is -5.09. The number of benzene rings is 2. The van der Waals surface area contributed by atoms with Gasteiger partial charge in [0.2, 0.25) is 0 Å². The van der Waals surface area contributed by atoms with Crippen LogP contribution in [0.25, 0.3) is 0 Å². The lowest BCUT2D eigenvalue weighted by Gasteiger charge is -2.39. The Bertz CT molecular complexity index is 1390. The van der Waals surface area contributed by atoms with Crippen LogP contribution in [0.5, 0.6) is 0 Å². The smallest absolute Gasteiger partial charge is 0.396 e. The molecule has 0 spiro atoms. The van der Waals surface area contributed by atoms with Crippen molar-refractivity contribution >= 4 is 5.95 Å². The molecule has 0 amide bonds. The Morgan fingerprint density at radius 1 is 0.909 bits per heavy atom. The lowest BCUT2D eigenvalue weighted by molar-refractivity contribution is -0.143. The van der Waals surface area contributed by atoms with Gasteiger partial charge in [0.25, 0.3) is 5.95 Å². The fraction of sp³-hybridized carbons (Fsp3) is 0.536. The van der Waals surface area contributed by atoms with Gasteiger partial charge in [0.05, 0.1) is 23.7 Å². The molecule has 4 rings (SSSR count). The van der Waals surface area contributed by atoms with Crippen molar-refractivity contribution in [3.05, 3.63) is 69.8 Å². The normalized spacial score (nSPS) is 17.6. The third-order valence-corrected chi connectivity index (χ3v) is 7.63. The molecule has 1 fully saturated rings. The highest BCUT2D eigenvalue weighted by Gasteiger charge is 2.38. The Morgan fingerprint density at radius 2 is 1.55 bits per heavy atom. The van der Waals surface area contributed by atoms with E-state index in [4.69, 9.17) is 0 Å². The molecule has 2 unspecified atom stereocenters. The molecule has 0 saturated carbocycles. The van der Waals surface area contributed by atoms with Gasteiger partial charge in [-0.25, -0.2) is 0 Å². The van der Waals surface area contributed by atoms with E-state index < -0.39 is 47.3 Å². The Labute approximate surface area is 247 Å². The number of anilines is 1. The van der Waals surface area contributed by atoms with Gasteiger partial charge in [-0.05, 0) is 84.0 Å². The zero-order valence-electron chi connectivity index (χ0n) is 23.8. The minimum Gasteiger partial charge on any atom is -0.396 e. The van der Waals surface area contributed by atoms with E-state index in [0.717, 1.165) is 29.8 Å². The molecule has 1 N–H and O–H groups in total. The van der Waals surface area contributed by atoms with Crippen molar-refractivity contribution in [3.8, 4) is 0 Å². The van der Waals surface area contributed by atoms with Gasteiger partial charge in [-0.3, -0.25) is 4.90 Å². The number of rotatable bonds is 9. The van der Waals surface area contributed by atoms with Crippen LogP contribution in [0.15, 0.2) is 36.4 Å². The molecule has 0 aliphatic carbocycles. The van der Waals surface area contributed by atoms with Gasteiger partial charge in [-0.15, -0.1) is 5.10 Å². The maximum absolute atomic E-state index is 13.9. The van der Waals surface area contributed by atoms with E-state index in [0.29, 0.717) is 37.2 Å². The van der Waals surface area contributed by atoms with Gasteiger partial charge >= 0.3 is 18.5 Å². The third-order valence-electron chi connectivity index (χ3n) is 7.63. The SMILES string of the molecule is CCC(c1ccc(C(F)(F)F)cc1CN(Cc1cc(C(F)(F)F)cc(C(F)(F)F)c1)c1nnn(C)n1)N1CCCC(CO)C1. The second-order valence-corrected chi connectivity index (χ2v) is 10.9. The molecule has 16 heteroatoms. The average molecular weight is 639 g/mol. The molecule has 2 atom stereocenters. The van der Waals surface area contributed by atoms with Crippen molar-refractivity contribution < 1.29 is 44.6 Å². The minimum absolute atomic E-state index is 0.00340. The summed E-state index contributed by atoms with van der Waals surface area (Å²) in [4.78, 5) is 4.28. The third kappa shape index (κ3) is 8.00. The molecule has 44 heavy (non-hydrogen) atoms. The zero-order chi connectivity index (χ0) is 32.4. The summed E-state index contributed by atoms with van der Waals surface area (Å²) >= 11 is 0. The molecule has 3 aromatic rings. The molecule has 2 aromatic carbocycles. The van der Waals surface area contributed by atoms with Crippen molar-refractivity contribution in [2.75, 3.05) is 24.6 Å². The molecule has 1 aliphatic rings. The Kier molecular flexibility index (Phi) is 9.83. The monoisotopic (exact) mass is 638 g/mol. The number of aryl methyl sites for hydroxylation is 1. The first-order valence-corrected chi connectivity index (χ1v) is 13.8. The Morgan fingerprint density at radius 3 is 2.07 bits per heavy atom. The number of piperidine rings is 1. The highest BCUT2D eigenvalue weighted by molar-refractivity contribution is 5.42. The Balaban J connectivity index is 1.81. The molecular formula is C28H31F9N6O. The highest BCUT2D eigenvalue weighted by Crippen LogP contribution is 2.39. The zero-order valence-corrected chi connectivity index (χ0v) is 23.8. The molecule has 2 heterocycles. The van der Waals surface area contributed by atoms with Gasteiger partial charge in [0.1, 0.15) is 0 Å². The summed E-state index contributed by atoms with van der Waals surface area (Å²) in [6, 6.07) is 3.98. The quantitative estimate of drug-likeness (QED) is 0.266. The summed E-state index contributed by atoms with van der Waals surface area (Å²) in [6.45, 7) is 1.98. The highest BCUT2D eigenvalue weighted by atomic mass is 19.4. The summed E-state index contributed by atoms with van der Waals surface area (Å²) in [6.07, 6.45) is -12.8. The van der Waals surface area contributed by atoms with E-state index in [-0.39, 0.29) is 42.7 Å². The van der Waals surface area contributed by atoms with E-state index in [1.165, 1.54) is 18.0 Å². The lowest BCUT2D eigenvalue weighted by Crippen LogP contribution is -2.39. The standard InChI is InChI=1S/C28H31F9N6O/c1-3-24(42-8-4-5-17(13-42)16-44)23-7-6-20(26(29,30)31)11-19(23)15-43(25-38-40-41(2)39-25)14-18-9-21(27(32,33)34)12-22(10-18)28(35,36)37/h6-7,9-12,17,24,44H,3-5,8,13-16H2,1-2H3. The average Bonchev–Trinajstić information content (AvgIpc) is 3.38. The first-order chi connectivity index (χ1) is 20.5. The number of aromatic nitrogens is 4. The van der Waals surface area contributed by atoms with Gasteiger partial charge in [-0.1, -0.05) is 18.1 Å². The topological polar surface area (TPSA) is 70.3 Å². The van der Waals surface area contributed by atoms with E-state index in [1.54, 1.807) is 0 Å². The van der Waals surface area contributed by atoms with Gasteiger partial charge < -0.3 is 10.0 Å². The van der Waals surface area contributed by atoms with Crippen LogP contribution in [0.4, 0.5) is 45.5 Å². The summed E-state index contributed by atoms with van der Waals surface area (Å²) in [7, 11) is 1.39. The molecule has 7 nitrogen and oxygen atoms in total. The number of hydrogen-bond donors (Lipinski definition) is 1. The van der Waals surface area contributed by atoms with E-state index in [1.807, 2.05) is 6.92 Å². The second kappa shape index (κ2) is 12.9. The fourth-order valence-electron chi connectivity index (χ4n) is 5.58. The molecule has 1 aliphatic heterocycles. The summed E-state index contributed by atoms with van der Waals surface area (Å²) in [5, 5.41) is 21.3. The molecule has 0 bridgehead atoms. The first-order valence-electron chi connectivity index (χ1n) is 13.8. The van der Waals surface area contributed by atoms with Crippen LogP contribution in [-0.4, -0.2) is 49.9 Å². The van der Waals surface area contributed by atoms with Crippen LogP contribution < -0.4 is 4.90 Å².